The molecule has 0 bridgehead atoms. The van der Waals surface area contributed by atoms with Gasteiger partial charge in [0.05, 0.1) is 12.3 Å². The summed E-state index contributed by atoms with van der Waals surface area (Å²) >= 11 is 0. The number of amidine groups is 1. The van der Waals surface area contributed by atoms with Crippen LogP contribution in [-0.2, 0) is 11.2 Å². The molecule has 3 rings (SSSR count). The highest BCUT2D eigenvalue weighted by Crippen LogP contribution is 2.21. The van der Waals surface area contributed by atoms with Crippen molar-refractivity contribution in [3.8, 4) is 11.1 Å². The van der Waals surface area contributed by atoms with Crippen LogP contribution in [0.2, 0.25) is 0 Å². The van der Waals surface area contributed by atoms with E-state index in [0.29, 0.717) is 45.0 Å². The molecular formula is C20H25N7O2. The van der Waals surface area contributed by atoms with Crippen molar-refractivity contribution in [2.45, 2.75) is 19.3 Å². The lowest BCUT2D eigenvalue weighted by Crippen LogP contribution is -2.50. The molecule has 2 amide bonds. The molecule has 2 heterocycles. The summed E-state index contributed by atoms with van der Waals surface area (Å²) in [6.45, 7) is 2.41. The number of ketones is 1. The number of carbonyl (C=O) groups excluding carboxylic acids is 2. The topological polar surface area (TPSA) is 142 Å². The Morgan fingerprint density at radius 3 is 2.34 bits per heavy atom. The van der Waals surface area contributed by atoms with Gasteiger partial charge in [-0.1, -0.05) is 24.3 Å². The molecule has 9 nitrogen and oxygen atoms in total. The van der Waals surface area contributed by atoms with E-state index in [-0.39, 0.29) is 18.0 Å². The summed E-state index contributed by atoms with van der Waals surface area (Å²) in [5.74, 6) is 0.493. The molecule has 1 aromatic carbocycles. The van der Waals surface area contributed by atoms with Gasteiger partial charge in [-0.25, -0.2) is 14.8 Å². The van der Waals surface area contributed by atoms with E-state index in [2.05, 4.69) is 9.97 Å². The molecule has 29 heavy (non-hydrogen) atoms. The first kappa shape index (κ1) is 20.2. The second-order valence-electron chi connectivity index (χ2n) is 7.03. The monoisotopic (exact) mass is 395 g/mol. The number of nitrogens with one attached hydrogen (secondary N) is 1. The van der Waals surface area contributed by atoms with Crippen LogP contribution < -0.4 is 16.4 Å². The molecule has 5 N–H and O–H groups in total. The Labute approximate surface area is 169 Å². The van der Waals surface area contributed by atoms with Gasteiger partial charge >= 0.3 is 6.03 Å². The van der Waals surface area contributed by atoms with E-state index in [4.69, 9.17) is 16.9 Å². The fourth-order valence-electron chi connectivity index (χ4n) is 3.25. The maximum Gasteiger partial charge on any atom is 0.314 e. The Morgan fingerprint density at radius 2 is 1.72 bits per heavy atom. The molecular weight excluding hydrogens is 370 g/mol. The molecule has 1 saturated heterocycles. The number of hydrogen-bond acceptors (Lipinski definition) is 6. The number of Topliss-reactive ketones (excluding diaryl/α,β-unsaturated/α-hetero) is 1. The van der Waals surface area contributed by atoms with Crippen LogP contribution in [0.3, 0.4) is 0 Å². The van der Waals surface area contributed by atoms with Crippen molar-refractivity contribution in [2.24, 2.45) is 11.5 Å². The smallest absolute Gasteiger partial charge is 0.314 e. The highest BCUT2D eigenvalue weighted by atomic mass is 16.2. The Kier molecular flexibility index (Phi) is 6.38. The van der Waals surface area contributed by atoms with Crippen LogP contribution in [0.5, 0.6) is 0 Å². The van der Waals surface area contributed by atoms with E-state index in [1.165, 1.54) is 0 Å². The summed E-state index contributed by atoms with van der Waals surface area (Å²) in [7, 11) is 0. The van der Waals surface area contributed by atoms with Gasteiger partial charge in [0.2, 0.25) is 5.95 Å². The lowest BCUT2D eigenvalue weighted by molar-refractivity contribution is -0.117. The largest absolute Gasteiger partial charge is 0.387 e. The molecule has 152 valence electrons. The lowest BCUT2D eigenvalue weighted by atomic mass is 10.0. The molecule has 0 aliphatic carbocycles. The van der Waals surface area contributed by atoms with Gasteiger partial charge in [-0.15, -0.1) is 0 Å². The van der Waals surface area contributed by atoms with Crippen LogP contribution in [0, 0.1) is 5.41 Å². The Hall–Kier alpha value is -3.49. The molecule has 0 radical (unpaired) electrons. The minimum Gasteiger partial charge on any atom is -0.387 e. The van der Waals surface area contributed by atoms with Gasteiger partial charge in [0.15, 0.2) is 0 Å². The quantitative estimate of drug-likeness (QED) is 0.474. The molecule has 1 fully saturated rings. The zero-order valence-corrected chi connectivity index (χ0v) is 16.2. The van der Waals surface area contributed by atoms with E-state index in [1.807, 2.05) is 29.2 Å². The Morgan fingerprint density at radius 1 is 1.03 bits per heavy atom. The van der Waals surface area contributed by atoms with Gasteiger partial charge in [0.25, 0.3) is 0 Å². The Bertz CT molecular complexity index is 890. The number of aryl methyl sites for hydroxylation is 1. The molecule has 1 aliphatic heterocycles. The summed E-state index contributed by atoms with van der Waals surface area (Å²) in [4.78, 5) is 35.6. The lowest BCUT2D eigenvalue weighted by Gasteiger charge is -2.33. The van der Waals surface area contributed by atoms with Gasteiger partial charge < -0.3 is 21.3 Å². The minimum absolute atomic E-state index is 0.00267. The summed E-state index contributed by atoms with van der Waals surface area (Å²) in [6, 6.07) is 7.51. The van der Waals surface area contributed by atoms with Gasteiger partial charge in [-0.05, 0) is 17.5 Å². The maximum absolute atomic E-state index is 11.8. The highest BCUT2D eigenvalue weighted by Gasteiger charge is 2.20. The first-order valence-electron chi connectivity index (χ1n) is 9.47. The third-order valence-electron chi connectivity index (χ3n) is 4.85. The van der Waals surface area contributed by atoms with Gasteiger partial charge in [0.1, 0.15) is 5.78 Å². The third-order valence-corrected chi connectivity index (χ3v) is 4.85. The SMILES string of the molecule is N=C(N)CC(=O)CCc1cccc(-c2cnc(N3CCN(C(N)=O)CC3)nc2)c1. The van der Waals surface area contributed by atoms with E-state index in [1.54, 1.807) is 17.3 Å². The summed E-state index contributed by atoms with van der Waals surface area (Å²) in [5, 5.41) is 7.19. The van der Waals surface area contributed by atoms with Crippen LogP contribution in [0.15, 0.2) is 36.7 Å². The van der Waals surface area contributed by atoms with E-state index in [9.17, 15) is 9.59 Å². The zero-order valence-electron chi connectivity index (χ0n) is 16.2. The van der Waals surface area contributed by atoms with Crippen LogP contribution in [0.4, 0.5) is 10.7 Å². The van der Waals surface area contributed by atoms with Crippen molar-refractivity contribution < 1.29 is 9.59 Å². The summed E-state index contributed by atoms with van der Waals surface area (Å²) in [5.41, 5.74) is 13.5. The van der Waals surface area contributed by atoms with Crippen LogP contribution >= 0.6 is 0 Å². The molecule has 9 heteroatoms. The summed E-state index contributed by atoms with van der Waals surface area (Å²) in [6.07, 6.45) is 4.52. The fourth-order valence-corrected chi connectivity index (χ4v) is 3.25. The summed E-state index contributed by atoms with van der Waals surface area (Å²) < 4.78 is 0. The number of nitrogens with two attached hydrogens (primary N) is 2. The molecule has 0 atom stereocenters. The number of amides is 2. The number of anilines is 1. The Balaban J connectivity index is 1.62. The average Bonchev–Trinajstić information content (AvgIpc) is 2.72. The second kappa shape index (κ2) is 9.13. The molecule has 1 aliphatic rings. The number of rotatable bonds is 7. The number of aromatic nitrogens is 2. The van der Waals surface area contributed by atoms with Crippen molar-refractivity contribution >= 4 is 23.6 Å². The predicted octanol–water partition coefficient (Wildman–Crippen LogP) is 1.17. The number of benzene rings is 1. The maximum atomic E-state index is 11.8. The number of nitrogens with zero attached hydrogens (tertiary/aromatic N) is 4. The van der Waals surface area contributed by atoms with Crippen LogP contribution in [0.1, 0.15) is 18.4 Å². The van der Waals surface area contributed by atoms with Gasteiger partial charge in [0, 0.05) is 50.6 Å². The third kappa shape index (κ3) is 5.50. The van der Waals surface area contributed by atoms with E-state index in [0.717, 1.165) is 16.7 Å². The highest BCUT2D eigenvalue weighted by molar-refractivity contribution is 5.98. The molecule has 0 saturated carbocycles. The van der Waals surface area contributed by atoms with E-state index >= 15 is 0 Å². The number of urea groups is 1. The number of piperazine rings is 1. The number of carbonyl (C=O) groups is 2. The number of hydrogen-bond donors (Lipinski definition) is 3. The van der Waals surface area contributed by atoms with Crippen molar-refractivity contribution in [1.29, 1.82) is 5.41 Å². The second-order valence-corrected chi connectivity index (χ2v) is 7.03. The van der Waals surface area contributed by atoms with Crippen molar-refractivity contribution in [2.75, 3.05) is 31.1 Å². The molecule has 0 spiro atoms. The standard InChI is InChI=1S/C20H25N7O2/c21-18(22)11-17(28)5-4-14-2-1-3-15(10-14)16-12-24-20(25-13-16)27-8-6-26(7-9-27)19(23)29/h1-3,10,12-13H,4-9,11H2,(H3,21,22)(H2,23,29). The normalized spacial score (nSPS) is 13.9. The van der Waals surface area contributed by atoms with Crippen molar-refractivity contribution in [1.82, 2.24) is 14.9 Å². The molecule has 1 aromatic heterocycles. The first-order chi connectivity index (χ1) is 13.9. The zero-order chi connectivity index (χ0) is 20.8. The minimum atomic E-state index is -0.399. The van der Waals surface area contributed by atoms with Crippen LogP contribution in [0.25, 0.3) is 11.1 Å². The van der Waals surface area contributed by atoms with Gasteiger partial charge in [-0.3, -0.25) is 10.2 Å². The van der Waals surface area contributed by atoms with Gasteiger partial charge in [-0.2, -0.15) is 0 Å². The molecule has 2 aromatic rings. The number of primary amides is 1. The fraction of sp³-hybridized carbons (Fsp3) is 0.350. The van der Waals surface area contributed by atoms with Crippen molar-refractivity contribution in [3.05, 3.63) is 42.2 Å². The molecule has 0 unspecified atom stereocenters. The first-order valence-corrected chi connectivity index (χ1v) is 9.47. The predicted molar refractivity (Wildman–Crippen MR) is 111 cm³/mol. The average molecular weight is 395 g/mol. The van der Waals surface area contributed by atoms with Crippen molar-refractivity contribution in [3.63, 3.8) is 0 Å². The van der Waals surface area contributed by atoms with Crippen LogP contribution in [-0.4, -0.2) is 58.7 Å². The van der Waals surface area contributed by atoms with E-state index < -0.39 is 6.03 Å².